The molecule has 0 bridgehead atoms. The Hall–Kier alpha value is -2.67. The van der Waals surface area contributed by atoms with Crippen LogP contribution in [0.1, 0.15) is 30.9 Å². The molecule has 0 spiro atoms. The molecule has 0 fully saturated rings. The van der Waals surface area contributed by atoms with Gasteiger partial charge >= 0.3 is 0 Å². The summed E-state index contributed by atoms with van der Waals surface area (Å²) >= 11 is 1.31. The first-order valence-electron chi connectivity index (χ1n) is 8.41. The third-order valence-electron chi connectivity index (χ3n) is 3.86. The van der Waals surface area contributed by atoms with Crippen molar-refractivity contribution in [3.63, 3.8) is 0 Å². The van der Waals surface area contributed by atoms with Gasteiger partial charge < -0.3 is 5.32 Å². The van der Waals surface area contributed by atoms with Gasteiger partial charge in [0.15, 0.2) is 0 Å². The van der Waals surface area contributed by atoms with E-state index in [0.717, 1.165) is 16.9 Å². The van der Waals surface area contributed by atoms with Gasteiger partial charge in [-0.15, -0.1) is 5.10 Å². The lowest BCUT2D eigenvalue weighted by Gasteiger charge is -2.09. The maximum absolute atomic E-state index is 12.3. The van der Waals surface area contributed by atoms with Gasteiger partial charge in [-0.25, -0.2) is 0 Å². The number of hydrogen-bond acceptors (Lipinski definition) is 5. The van der Waals surface area contributed by atoms with Crippen LogP contribution in [0.5, 0.6) is 0 Å². The maximum Gasteiger partial charge on any atom is 0.234 e. The molecule has 1 amide bonds. The van der Waals surface area contributed by atoms with Gasteiger partial charge in [-0.1, -0.05) is 49.9 Å². The van der Waals surface area contributed by atoms with E-state index in [-0.39, 0.29) is 11.7 Å². The number of nitrogens with one attached hydrogen (secondary N) is 1. The first-order chi connectivity index (χ1) is 12.5. The van der Waals surface area contributed by atoms with E-state index in [2.05, 4.69) is 40.8 Å². The number of aryl methyl sites for hydroxylation is 1. The Morgan fingerprint density at radius 2 is 2.00 bits per heavy atom. The topological polar surface area (TPSA) is 72.7 Å². The average Bonchev–Trinajstić information content (AvgIpc) is 3.09. The van der Waals surface area contributed by atoms with Crippen LogP contribution in [0.25, 0.3) is 5.69 Å². The molecule has 0 unspecified atom stereocenters. The second kappa shape index (κ2) is 8.14. The normalized spacial score (nSPS) is 10.9. The highest BCUT2D eigenvalue weighted by Gasteiger charge is 2.12. The fourth-order valence-electron chi connectivity index (χ4n) is 2.49. The van der Waals surface area contributed by atoms with Crippen molar-refractivity contribution in [3.05, 3.63) is 59.7 Å². The standard InChI is InChI=1S/C19H21N5OS/c1-13(2)15-7-5-8-16(11-15)20-18(25)12-26-19-21-22-23-24(19)17-9-4-6-14(3)10-17/h4-11,13H,12H2,1-3H3,(H,20,25). The molecule has 1 N–H and O–H groups in total. The summed E-state index contributed by atoms with van der Waals surface area (Å²) in [5.41, 5.74) is 4.00. The third-order valence-corrected chi connectivity index (χ3v) is 4.78. The molecule has 0 aliphatic rings. The summed E-state index contributed by atoms with van der Waals surface area (Å²) in [7, 11) is 0. The Morgan fingerprint density at radius 3 is 2.77 bits per heavy atom. The number of carbonyl (C=O) groups excluding carboxylic acids is 1. The number of anilines is 1. The highest BCUT2D eigenvalue weighted by Crippen LogP contribution is 2.21. The van der Waals surface area contributed by atoms with Crippen molar-refractivity contribution in [2.45, 2.75) is 31.8 Å². The first-order valence-corrected chi connectivity index (χ1v) is 9.39. The van der Waals surface area contributed by atoms with Crippen molar-refractivity contribution in [2.24, 2.45) is 0 Å². The van der Waals surface area contributed by atoms with Crippen LogP contribution < -0.4 is 5.32 Å². The second-order valence-corrected chi connectivity index (χ2v) is 7.27. The Kier molecular flexibility index (Phi) is 5.68. The van der Waals surface area contributed by atoms with Gasteiger partial charge in [-0.2, -0.15) is 4.68 Å². The van der Waals surface area contributed by atoms with Gasteiger partial charge in [0.25, 0.3) is 0 Å². The van der Waals surface area contributed by atoms with E-state index in [0.29, 0.717) is 11.1 Å². The summed E-state index contributed by atoms with van der Waals surface area (Å²) in [5, 5.41) is 15.3. The van der Waals surface area contributed by atoms with Crippen LogP contribution in [0.15, 0.2) is 53.7 Å². The number of aromatic nitrogens is 4. The van der Waals surface area contributed by atoms with Gasteiger partial charge in [-0.3, -0.25) is 4.79 Å². The van der Waals surface area contributed by atoms with E-state index in [9.17, 15) is 4.79 Å². The molecule has 0 aliphatic carbocycles. The predicted octanol–water partition coefficient (Wildman–Crippen LogP) is 3.82. The molecule has 2 aromatic carbocycles. The lowest BCUT2D eigenvalue weighted by molar-refractivity contribution is -0.113. The third kappa shape index (κ3) is 4.49. The highest BCUT2D eigenvalue weighted by molar-refractivity contribution is 7.99. The van der Waals surface area contributed by atoms with Crippen molar-refractivity contribution in [3.8, 4) is 5.69 Å². The molecule has 0 saturated heterocycles. The van der Waals surface area contributed by atoms with Gasteiger partial charge in [0.1, 0.15) is 0 Å². The molecule has 3 rings (SSSR count). The summed E-state index contributed by atoms with van der Waals surface area (Å²) in [4.78, 5) is 12.3. The van der Waals surface area contributed by atoms with Gasteiger partial charge in [0.05, 0.1) is 11.4 Å². The highest BCUT2D eigenvalue weighted by atomic mass is 32.2. The van der Waals surface area contributed by atoms with Crippen LogP contribution >= 0.6 is 11.8 Å². The number of amides is 1. The van der Waals surface area contributed by atoms with Crippen LogP contribution in [0, 0.1) is 6.92 Å². The largest absolute Gasteiger partial charge is 0.325 e. The number of thioether (sulfide) groups is 1. The van der Waals surface area contributed by atoms with Crippen molar-refractivity contribution in [2.75, 3.05) is 11.1 Å². The Labute approximate surface area is 157 Å². The number of rotatable bonds is 6. The summed E-state index contributed by atoms with van der Waals surface area (Å²) < 4.78 is 1.64. The van der Waals surface area contributed by atoms with Crippen LogP contribution in [0.3, 0.4) is 0 Å². The Balaban J connectivity index is 1.64. The summed E-state index contributed by atoms with van der Waals surface area (Å²) in [5.74, 6) is 0.563. The van der Waals surface area contributed by atoms with E-state index in [4.69, 9.17) is 0 Å². The monoisotopic (exact) mass is 367 g/mol. The smallest absolute Gasteiger partial charge is 0.234 e. The number of benzene rings is 2. The molecule has 134 valence electrons. The van der Waals surface area contributed by atoms with Gasteiger partial charge in [-0.05, 0) is 58.7 Å². The van der Waals surface area contributed by atoms with Crippen LogP contribution in [-0.4, -0.2) is 31.9 Å². The molecule has 3 aromatic rings. The lowest BCUT2D eigenvalue weighted by Crippen LogP contribution is -2.14. The minimum Gasteiger partial charge on any atom is -0.325 e. The number of hydrogen-bond donors (Lipinski definition) is 1. The Morgan fingerprint density at radius 1 is 1.19 bits per heavy atom. The molecule has 0 atom stereocenters. The van der Waals surface area contributed by atoms with Crippen LogP contribution in [-0.2, 0) is 4.79 Å². The Bertz CT molecular complexity index is 906. The minimum atomic E-state index is -0.0882. The fourth-order valence-corrected chi connectivity index (χ4v) is 3.18. The zero-order valence-corrected chi connectivity index (χ0v) is 15.8. The minimum absolute atomic E-state index is 0.0882. The average molecular weight is 367 g/mol. The van der Waals surface area contributed by atoms with Crippen molar-refractivity contribution in [1.29, 1.82) is 0 Å². The fraction of sp³-hybridized carbons (Fsp3) is 0.263. The van der Waals surface area contributed by atoms with Crippen LogP contribution in [0.2, 0.25) is 0 Å². The summed E-state index contributed by atoms with van der Waals surface area (Å²) in [6.45, 7) is 6.27. The van der Waals surface area contributed by atoms with E-state index in [1.165, 1.54) is 17.3 Å². The lowest BCUT2D eigenvalue weighted by atomic mass is 10.0. The number of tetrazole rings is 1. The quantitative estimate of drug-likeness (QED) is 0.671. The van der Waals surface area contributed by atoms with Gasteiger partial charge in [0, 0.05) is 5.69 Å². The van der Waals surface area contributed by atoms with Crippen molar-refractivity contribution < 1.29 is 4.79 Å². The SMILES string of the molecule is Cc1cccc(-n2nnnc2SCC(=O)Nc2cccc(C(C)C)c2)c1. The van der Waals surface area contributed by atoms with Gasteiger partial charge in [0.2, 0.25) is 11.1 Å². The van der Waals surface area contributed by atoms with E-state index in [1.807, 2.05) is 49.4 Å². The zero-order chi connectivity index (χ0) is 18.5. The number of nitrogens with zero attached hydrogens (tertiary/aromatic N) is 4. The second-order valence-electron chi connectivity index (χ2n) is 6.33. The predicted molar refractivity (Wildman–Crippen MR) is 104 cm³/mol. The molecule has 26 heavy (non-hydrogen) atoms. The van der Waals surface area contributed by atoms with Crippen molar-refractivity contribution in [1.82, 2.24) is 20.2 Å². The maximum atomic E-state index is 12.3. The molecule has 7 heteroatoms. The van der Waals surface area contributed by atoms with E-state index >= 15 is 0 Å². The molecule has 0 aliphatic heterocycles. The van der Waals surface area contributed by atoms with E-state index in [1.54, 1.807) is 4.68 Å². The zero-order valence-electron chi connectivity index (χ0n) is 15.0. The molecule has 0 radical (unpaired) electrons. The van der Waals surface area contributed by atoms with Crippen LogP contribution in [0.4, 0.5) is 5.69 Å². The summed E-state index contributed by atoms with van der Waals surface area (Å²) in [6.07, 6.45) is 0. The van der Waals surface area contributed by atoms with E-state index < -0.39 is 0 Å². The number of carbonyl (C=O) groups is 1. The molecular weight excluding hydrogens is 346 g/mol. The molecule has 0 saturated carbocycles. The molecular formula is C19H21N5OS. The molecule has 6 nitrogen and oxygen atoms in total. The summed E-state index contributed by atoms with van der Waals surface area (Å²) in [6, 6.07) is 15.8. The molecule has 1 heterocycles. The molecule has 1 aromatic heterocycles. The van der Waals surface area contributed by atoms with Crippen molar-refractivity contribution >= 4 is 23.4 Å². The first kappa shape index (κ1) is 18.1.